The number of aryl methyl sites for hydroxylation is 4. The molecule has 0 aliphatic heterocycles. The van der Waals surface area contributed by atoms with Crippen LogP contribution in [0, 0.1) is 13.8 Å². The number of nitrogens with zero attached hydrogens (tertiary/aromatic N) is 2. The first kappa shape index (κ1) is 11.7. The summed E-state index contributed by atoms with van der Waals surface area (Å²) in [6.45, 7) is 4.15. The molecule has 1 aromatic heterocycles. The number of anilines is 1. The van der Waals surface area contributed by atoms with Crippen LogP contribution < -0.4 is 5.73 Å². The third kappa shape index (κ3) is 2.49. The van der Waals surface area contributed by atoms with Crippen molar-refractivity contribution in [2.75, 3.05) is 5.73 Å². The van der Waals surface area contributed by atoms with Crippen molar-refractivity contribution in [2.24, 2.45) is 7.05 Å². The van der Waals surface area contributed by atoms with E-state index in [1.807, 2.05) is 14.0 Å². The third-order valence-electron chi connectivity index (χ3n) is 3.17. The van der Waals surface area contributed by atoms with Gasteiger partial charge in [-0.1, -0.05) is 29.8 Å². The molecule has 1 aromatic carbocycles. The summed E-state index contributed by atoms with van der Waals surface area (Å²) in [6, 6.07) is 8.61. The zero-order chi connectivity index (χ0) is 12.4. The van der Waals surface area contributed by atoms with Crippen LogP contribution in [-0.4, -0.2) is 9.78 Å². The van der Waals surface area contributed by atoms with E-state index >= 15 is 0 Å². The molecule has 90 valence electrons. The predicted octanol–water partition coefficient (Wildman–Crippen LogP) is 2.40. The van der Waals surface area contributed by atoms with Crippen molar-refractivity contribution in [3.8, 4) is 0 Å². The topological polar surface area (TPSA) is 43.8 Å². The maximum Gasteiger partial charge on any atom is 0.124 e. The van der Waals surface area contributed by atoms with Gasteiger partial charge in [-0.25, -0.2) is 0 Å². The minimum atomic E-state index is 0.768. The molecule has 0 aliphatic rings. The molecule has 0 amide bonds. The molecule has 0 aliphatic carbocycles. The second-order valence-corrected chi connectivity index (χ2v) is 4.57. The van der Waals surface area contributed by atoms with E-state index in [0.717, 1.165) is 29.9 Å². The smallest absolute Gasteiger partial charge is 0.124 e. The van der Waals surface area contributed by atoms with Crippen molar-refractivity contribution in [3.05, 3.63) is 46.6 Å². The van der Waals surface area contributed by atoms with E-state index in [9.17, 15) is 0 Å². The summed E-state index contributed by atoms with van der Waals surface area (Å²) in [5, 5.41) is 4.44. The Bertz CT molecular complexity index is 526. The van der Waals surface area contributed by atoms with E-state index in [0.29, 0.717) is 0 Å². The molecule has 2 rings (SSSR count). The Labute approximate surface area is 102 Å². The van der Waals surface area contributed by atoms with E-state index in [2.05, 4.69) is 36.3 Å². The number of hydrogen-bond acceptors (Lipinski definition) is 2. The number of nitrogens with two attached hydrogens (primary N) is 1. The van der Waals surface area contributed by atoms with Gasteiger partial charge in [0.1, 0.15) is 5.82 Å². The van der Waals surface area contributed by atoms with Crippen LogP contribution in [0.1, 0.15) is 22.4 Å². The van der Waals surface area contributed by atoms with Gasteiger partial charge in [0, 0.05) is 12.6 Å². The predicted molar refractivity (Wildman–Crippen MR) is 70.9 cm³/mol. The first-order valence-electron chi connectivity index (χ1n) is 5.91. The van der Waals surface area contributed by atoms with Crippen LogP contribution in [-0.2, 0) is 19.9 Å². The second kappa shape index (κ2) is 4.62. The third-order valence-corrected chi connectivity index (χ3v) is 3.17. The van der Waals surface area contributed by atoms with Gasteiger partial charge in [-0.2, -0.15) is 5.10 Å². The molecule has 2 N–H and O–H groups in total. The Kier molecular flexibility index (Phi) is 3.18. The molecule has 0 saturated carbocycles. The van der Waals surface area contributed by atoms with Gasteiger partial charge in [0.05, 0.1) is 5.69 Å². The lowest BCUT2D eigenvalue weighted by molar-refractivity contribution is 0.745. The molecule has 3 nitrogen and oxygen atoms in total. The molecular formula is C14H19N3. The van der Waals surface area contributed by atoms with Gasteiger partial charge in [0.2, 0.25) is 0 Å². The lowest BCUT2D eigenvalue weighted by Crippen LogP contribution is -1.98. The fourth-order valence-corrected chi connectivity index (χ4v) is 2.07. The van der Waals surface area contributed by atoms with Crippen molar-refractivity contribution in [2.45, 2.75) is 26.7 Å². The summed E-state index contributed by atoms with van der Waals surface area (Å²) in [4.78, 5) is 0. The van der Waals surface area contributed by atoms with Crippen LogP contribution in [0.15, 0.2) is 24.3 Å². The Morgan fingerprint density at radius 1 is 1.24 bits per heavy atom. The standard InChI is InChI=1S/C14H19N3/c1-10-5-4-6-12(9-10)7-8-13-11(2)14(15)17(3)16-13/h4-6,9H,7-8,15H2,1-3H3. The van der Waals surface area contributed by atoms with Crippen molar-refractivity contribution in [1.82, 2.24) is 9.78 Å². The van der Waals surface area contributed by atoms with Gasteiger partial charge in [0.15, 0.2) is 0 Å². The zero-order valence-corrected chi connectivity index (χ0v) is 10.7. The van der Waals surface area contributed by atoms with Gasteiger partial charge in [-0.15, -0.1) is 0 Å². The van der Waals surface area contributed by atoms with Crippen molar-refractivity contribution in [3.63, 3.8) is 0 Å². The minimum Gasteiger partial charge on any atom is -0.384 e. The lowest BCUT2D eigenvalue weighted by Gasteiger charge is -2.01. The van der Waals surface area contributed by atoms with Crippen LogP contribution in [0.5, 0.6) is 0 Å². The number of rotatable bonds is 3. The van der Waals surface area contributed by atoms with E-state index < -0.39 is 0 Å². The van der Waals surface area contributed by atoms with Crippen LogP contribution in [0.4, 0.5) is 5.82 Å². The first-order chi connectivity index (χ1) is 8.08. The monoisotopic (exact) mass is 229 g/mol. The van der Waals surface area contributed by atoms with E-state index in [1.54, 1.807) is 4.68 Å². The SMILES string of the molecule is Cc1cccc(CCc2nn(C)c(N)c2C)c1. The molecule has 3 heteroatoms. The van der Waals surface area contributed by atoms with Crippen LogP contribution in [0.3, 0.4) is 0 Å². The summed E-state index contributed by atoms with van der Waals surface area (Å²) in [7, 11) is 1.89. The van der Waals surface area contributed by atoms with Crippen molar-refractivity contribution < 1.29 is 0 Å². The molecule has 0 spiro atoms. The molecule has 0 unspecified atom stereocenters. The second-order valence-electron chi connectivity index (χ2n) is 4.57. The minimum absolute atomic E-state index is 0.768. The molecule has 0 saturated heterocycles. The molecule has 2 aromatic rings. The maximum absolute atomic E-state index is 5.90. The maximum atomic E-state index is 5.90. The number of benzene rings is 1. The molecule has 1 heterocycles. The molecule has 0 bridgehead atoms. The van der Waals surface area contributed by atoms with Gasteiger partial charge in [-0.05, 0) is 32.3 Å². The quantitative estimate of drug-likeness (QED) is 0.878. The van der Waals surface area contributed by atoms with Crippen LogP contribution in [0.25, 0.3) is 0 Å². The molecular weight excluding hydrogens is 210 g/mol. The molecule has 0 radical (unpaired) electrons. The van der Waals surface area contributed by atoms with Crippen molar-refractivity contribution >= 4 is 5.82 Å². The molecule has 0 fully saturated rings. The fourth-order valence-electron chi connectivity index (χ4n) is 2.07. The highest BCUT2D eigenvalue weighted by Gasteiger charge is 2.08. The summed E-state index contributed by atoms with van der Waals surface area (Å²) < 4.78 is 1.75. The van der Waals surface area contributed by atoms with Crippen molar-refractivity contribution in [1.29, 1.82) is 0 Å². The van der Waals surface area contributed by atoms with Gasteiger partial charge >= 0.3 is 0 Å². The Morgan fingerprint density at radius 3 is 2.59 bits per heavy atom. The highest BCUT2D eigenvalue weighted by atomic mass is 15.3. The van der Waals surface area contributed by atoms with Gasteiger partial charge < -0.3 is 5.73 Å². The summed E-state index contributed by atoms with van der Waals surface area (Å²) >= 11 is 0. The van der Waals surface area contributed by atoms with Gasteiger partial charge in [-0.3, -0.25) is 4.68 Å². The van der Waals surface area contributed by atoms with E-state index in [1.165, 1.54) is 11.1 Å². The highest BCUT2D eigenvalue weighted by Crippen LogP contribution is 2.16. The normalized spacial score (nSPS) is 10.8. The number of aromatic nitrogens is 2. The Hall–Kier alpha value is -1.77. The number of hydrogen-bond donors (Lipinski definition) is 1. The Balaban J connectivity index is 2.10. The fraction of sp³-hybridized carbons (Fsp3) is 0.357. The van der Waals surface area contributed by atoms with Crippen LogP contribution in [0.2, 0.25) is 0 Å². The highest BCUT2D eigenvalue weighted by molar-refractivity contribution is 5.42. The molecule has 0 atom stereocenters. The average molecular weight is 229 g/mol. The first-order valence-corrected chi connectivity index (χ1v) is 5.91. The van der Waals surface area contributed by atoms with E-state index in [-0.39, 0.29) is 0 Å². The number of nitrogen functional groups attached to an aromatic ring is 1. The summed E-state index contributed by atoms with van der Waals surface area (Å²) in [6.07, 6.45) is 1.96. The molecule has 17 heavy (non-hydrogen) atoms. The zero-order valence-electron chi connectivity index (χ0n) is 10.7. The van der Waals surface area contributed by atoms with E-state index in [4.69, 9.17) is 5.73 Å². The Morgan fingerprint density at radius 2 is 2.00 bits per heavy atom. The average Bonchev–Trinajstić information content (AvgIpc) is 2.54. The lowest BCUT2D eigenvalue weighted by atomic mass is 10.0. The summed E-state index contributed by atoms with van der Waals surface area (Å²) in [5.41, 5.74) is 10.8. The van der Waals surface area contributed by atoms with Crippen LogP contribution >= 0.6 is 0 Å². The largest absolute Gasteiger partial charge is 0.384 e. The van der Waals surface area contributed by atoms with Gasteiger partial charge in [0.25, 0.3) is 0 Å². The summed E-state index contributed by atoms with van der Waals surface area (Å²) in [5.74, 6) is 0.768.